The Morgan fingerprint density at radius 2 is 0.908 bits per heavy atom. The highest BCUT2D eigenvalue weighted by atomic mass is 16.5. The Bertz CT molecular complexity index is 4680. The van der Waals surface area contributed by atoms with Gasteiger partial charge < -0.3 is 18.3 Å². The number of benzene rings is 10. The van der Waals surface area contributed by atoms with Crippen molar-refractivity contribution in [2.75, 3.05) is 0 Å². The molecule has 1 aliphatic heterocycles. The van der Waals surface area contributed by atoms with Gasteiger partial charge in [0.15, 0.2) is 17.5 Å². The second-order valence-corrected chi connectivity index (χ2v) is 19.8. The zero-order valence-corrected chi connectivity index (χ0v) is 40.9. The molecule has 1 unspecified atom stereocenters. The summed E-state index contributed by atoms with van der Waals surface area (Å²) in [5, 5.41) is 6.59. The average Bonchev–Trinajstić information content (AvgIpc) is 4.44. The minimum Gasteiger partial charge on any atom is -0.461 e. The molecule has 10 aromatic carbocycles. The van der Waals surface area contributed by atoms with E-state index in [9.17, 15) is 0 Å². The lowest BCUT2D eigenvalue weighted by molar-refractivity contribution is 0.426. The van der Waals surface area contributed by atoms with Gasteiger partial charge >= 0.3 is 0 Å². The van der Waals surface area contributed by atoms with Gasteiger partial charge in [-0.1, -0.05) is 170 Å². The number of rotatable bonds is 7. The third kappa shape index (κ3) is 6.45. The van der Waals surface area contributed by atoms with Crippen molar-refractivity contribution in [1.29, 1.82) is 0 Å². The van der Waals surface area contributed by atoms with E-state index in [1.165, 1.54) is 5.56 Å². The van der Waals surface area contributed by atoms with E-state index in [4.69, 9.17) is 24.1 Å². The maximum Gasteiger partial charge on any atom is 0.164 e. The normalized spacial score (nSPS) is 14.1. The van der Waals surface area contributed by atoms with Crippen molar-refractivity contribution in [2.24, 2.45) is 0 Å². The SMILES string of the molecule is C1=C(c2nc(-c3ccccc3)nc(-c3cc(-c4ccccc4)c(-n4c5ccccc5c5c6oc7c(ccc8c7c7ccccc7n8-c7ccccc7)c6ccc54)c(-c4ccccc4)c3)n2)C=C2Oc3ccccc3C2C1. The molecule has 0 fully saturated rings. The molecule has 4 aromatic heterocycles. The van der Waals surface area contributed by atoms with Crippen molar-refractivity contribution in [1.82, 2.24) is 24.1 Å². The topological polar surface area (TPSA) is 70.9 Å². The second-order valence-electron chi connectivity index (χ2n) is 19.8. The minimum atomic E-state index is 0.164. The summed E-state index contributed by atoms with van der Waals surface area (Å²) in [6.07, 6.45) is 5.14. The average molecular weight is 974 g/mol. The van der Waals surface area contributed by atoms with Gasteiger partial charge in [-0.05, 0) is 90.4 Å². The van der Waals surface area contributed by atoms with Gasteiger partial charge in [0.1, 0.15) is 22.7 Å². The van der Waals surface area contributed by atoms with Gasteiger partial charge in [-0.15, -0.1) is 0 Å². The number of hydrogen-bond donors (Lipinski definition) is 0. The molecule has 7 heteroatoms. The first-order chi connectivity index (χ1) is 37.7. The van der Waals surface area contributed by atoms with Crippen LogP contribution in [0.5, 0.6) is 5.75 Å². The lowest BCUT2D eigenvalue weighted by Crippen LogP contribution is -2.08. The number of ether oxygens (including phenoxy) is 1. The number of para-hydroxylation sites is 4. The molecule has 1 aliphatic carbocycles. The lowest BCUT2D eigenvalue weighted by atomic mass is 9.89. The Balaban J connectivity index is 0.954. The molecule has 7 nitrogen and oxygen atoms in total. The summed E-state index contributed by atoms with van der Waals surface area (Å²) in [4.78, 5) is 15.9. The van der Waals surface area contributed by atoms with Gasteiger partial charge in [-0.25, -0.2) is 15.0 Å². The third-order valence-electron chi connectivity index (χ3n) is 15.5. The van der Waals surface area contributed by atoms with E-state index in [2.05, 4.69) is 221 Å². The molecule has 14 aromatic rings. The van der Waals surface area contributed by atoms with Crippen LogP contribution in [0.15, 0.2) is 253 Å². The molecular formula is C69H43N5O2. The van der Waals surface area contributed by atoms with Crippen LogP contribution in [0.1, 0.15) is 23.7 Å². The highest BCUT2D eigenvalue weighted by molar-refractivity contribution is 6.29. The van der Waals surface area contributed by atoms with E-state index >= 15 is 0 Å². The van der Waals surface area contributed by atoms with Crippen LogP contribution >= 0.6 is 0 Å². The van der Waals surface area contributed by atoms with E-state index in [1.54, 1.807) is 0 Å². The van der Waals surface area contributed by atoms with Crippen molar-refractivity contribution in [3.05, 3.63) is 260 Å². The van der Waals surface area contributed by atoms with Gasteiger partial charge in [0.25, 0.3) is 0 Å². The zero-order valence-electron chi connectivity index (χ0n) is 40.9. The molecule has 2 aliphatic rings. The standard InChI is InChI=1S/C69H43N5O2/c1-5-19-42(20-6-1)54-39-46(69-71-67(44-23-9-3-10-24-44)70-68(72-69)45-33-34-49-48-27-15-18-32-60(48)75-61(49)41-45)40-55(43-21-7-2-8-22-43)64(54)74-57-31-17-14-29-53(57)63-59(74)38-36-51-50-35-37-58-62(65(50)76-66(51)63)52-28-13-16-30-56(52)73(58)47-25-11-4-12-26-47/h1-33,35-41,49H,34H2. The Hall–Kier alpha value is -10.1. The molecule has 0 N–H and O–H groups in total. The molecule has 0 radical (unpaired) electrons. The van der Waals surface area contributed by atoms with E-state index in [1.807, 2.05) is 30.3 Å². The summed E-state index contributed by atoms with van der Waals surface area (Å²) >= 11 is 0. The highest BCUT2D eigenvalue weighted by Gasteiger charge is 2.32. The molecule has 76 heavy (non-hydrogen) atoms. The third-order valence-corrected chi connectivity index (χ3v) is 15.5. The molecule has 0 bridgehead atoms. The molecule has 16 rings (SSSR count). The monoisotopic (exact) mass is 973 g/mol. The second kappa shape index (κ2) is 16.7. The lowest BCUT2D eigenvalue weighted by Gasteiger charge is -2.21. The predicted octanol–water partition coefficient (Wildman–Crippen LogP) is 17.5. The van der Waals surface area contributed by atoms with Crippen LogP contribution in [0.2, 0.25) is 0 Å². The molecule has 0 saturated heterocycles. The van der Waals surface area contributed by atoms with Crippen LogP contribution in [0.4, 0.5) is 0 Å². The maximum absolute atomic E-state index is 7.38. The highest BCUT2D eigenvalue weighted by Crippen LogP contribution is 2.49. The quantitative estimate of drug-likeness (QED) is 0.159. The van der Waals surface area contributed by atoms with Crippen LogP contribution in [-0.2, 0) is 0 Å². The van der Waals surface area contributed by atoms with Gasteiger partial charge in [-0.2, -0.15) is 0 Å². The number of nitrogens with zero attached hydrogens (tertiary/aromatic N) is 5. The van der Waals surface area contributed by atoms with Crippen molar-refractivity contribution in [3.63, 3.8) is 0 Å². The summed E-state index contributed by atoms with van der Waals surface area (Å²) in [5.41, 5.74) is 16.3. The van der Waals surface area contributed by atoms with Crippen molar-refractivity contribution in [3.8, 4) is 62.2 Å². The molecule has 0 saturated carbocycles. The van der Waals surface area contributed by atoms with E-state index < -0.39 is 0 Å². The van der Waals surface area contributed by atoms with Gasteiger partial charge in [-0.3, -0.25) is 0 Å². The molecule has 5 heterocycles. The number of furan rings is 1. The Morgan fingerprint density at radius 1 is 0.408 bits per heavy atom. The summed E-state index contributed by atoms with van der Waals surface area (Å²) in [6.45, 7) is 0. The van der Waals surface area contributed by atoms with E-state index in [-0.39, 0.29) is 5.92 Å². The first kappa shape index (κ1) is 42.4. The number of aromatic nitrogens is 5. The van der Waals surface area contributed by atoms with E-state index in [0.29, 0.717) is 17.5 Å². The summed E-state index contributed by atoms with van der Waals surface area (Å²) in [7, 11) is 0. The number of allylic oxidation sites excluding steroid dienone is 4. The Kier molecular flexibility index (Phi) is 9.32. The van der Waals surface area contributed by atoms with Crippen LogP contribution < -0.4 is 4.74 Å². The Morgan fingerprint density at radius 3 is 1.54 bits per heavy atom. The van der Waals surface area contributed by atoms with E-state index in [0.717, 1.165) is 134 Å². The molecule has 0 amide bonds. The fraction of sp³-hybridized carbons (Fsp3) is 0.0290. The zero-order chi connectivity index (χ0) is 49.8. The van der Waals surface area contributed by atoms with Crippen LogP contribution in [0.3, 0.4) is 0 Å². The van der Waals surface area contributed by atoms with Crippen molar-refractivity contribution in [2.45, 2.75) is 12.3 Å². The first-order valence-electron chi connectivity index (χ1n) is 25.9. The van der Waals surface area contributed by atoms with Gasteiger partial charge in [0, 0.05) is 66.5 Å². The molecular weight excluding hydrogens is 931 g/mol. The van der Waals surface area contributed by atoms with Crippen LogP contribution in [0.25, 0.3) is 128 Å². The largest absolute Gasteiger partial charge is 0.461 e. The van der Waals surface area contributed by atoms with Crippen molar-refractivity contribution >= 4 is 71.1 Å². The predicted molar refractivity (Wildman–Crippen MR) is 308 cm³/mol. The van der Waals surface area contributed by atoms with Crippen LogP contribution in [-0.4, -0.2) is 24.1 Å². The molecule has 356 valence electrons. The Labute approximate surface area is 436 Å². The minimum absolute atomic E-state index is 0.164. The number of fused-ring (bicyclic) bond motifs is 14. The fourth-order valence-electron chi connectivity index (χ4n) is 12.1. The molecule has 1 atom stereocenters. The number of hydrogen-bond acceptors (Lipinski definition) is 5. The maximum atomic E-state index is 7.38. The summed E-state index contributed by atoms with van der Waals surface area (Å²) in [6, 6.07) is 81.5. The summed E-state index contributed by atoms with van der Waals surface area (Å²) in [5.74, 6) is 3.76. The van der Waals surface area contributed by atoms with Crippen molar-refractivity contribution < 1.29 is 9.15 Å². The fourth-order valence-corrected chi connectivity index (χ4v) is 12.1. The van der Waals surface area contributed by atoms with Gasteiger partial charge in [0.05, 0.1) is 38.5 Å². The first-order valence-corrected chi connectivity index (χ1v) is 25.9. The van der Waals surface area contributed by atoms with Crippen LogP contribution in [0, 0.1) is 0 Å². The van der Waals surface area contributed by atoms with Gasteiger partial charge in [0.2, 0.25) is 0 Å². The molecule has 0 spiro atoms. The smallest absolute Gasteiger partial charge is 0.164 e. The summed E-state index contributed by atoms with van der Waals surface area (Å²) < 4.78 is 18.6.